The third-order valence-corrected chi connectivity index (χ3v) is 6.37. The van der Waals surface area contributed by atoms with Crippen LogP contribution in [0.25, 0.3) is 11.1 Å². The number of anilines is 1. The lowest BCUT2D eigenvalue weighted by atomic mass is 9.82. The van der Waals surface area contributed by atoms with E-state index in [9.17, 15) is 18.8 Å². The number of ketones is 1. The van der Waals surface area contributed by atoms with E-state index in [1.807, 2.05) is 12.1 Å². The summed E-state index contributed by atoms with van der Waals surface area (Å²) < 4.78 is 13.6. The predicted octanol–water partition coefficient (Wildman–Crippen LogP) is 2.74. The van der Waals surface area contributed by atoms with Crippen LogP contribution >= 0.6 is 0 Å². The molecule has 1 fully saturated rings. The Labute approximate surface area is 188 Å². The molecule has 4 N–H and O–H groups in total. The molecule has 1 unspecified atom stereocenters. The summed E-state index contributed by atoms with van der Waals surface area (Å²) in [7, 11) is 0. The average Bonchev–Trinajstić information content (AvgIpc) is 3.28. The highest BCUT2D eigenvalue weighted by atomic mass is 19.1. The van der Waals surface area contributed by atoms with E-state index in [1.54, 1.807) is 30.6 Å². The van der Waals surface area contributed by atoms with Gasteiger partial charge < -0.3 is 11.1 Å². The molecule has 0 bridgehead atoms. The van der Waals surface area contributed by atoms with Crippen LogP contribution in [0.4, 0.5) is 15.1 Å². The van der Waals surface area contributed by atoms with Crippen molar-refractivity contribution in [1.82, 2.24) is 20.6 Å². The number of fused-ring (bicyclic) bond motifs is 1. The van der Waals surface area contributed by atoms with Crippen molar-refractivity contribution in [1.29, 1.82) is 0 Å². The van der Waals surface area contributed by atoms with E-state index < -0.39 is 23.3 Å². The third-order valence-electron chi connectivity index (χ3n) is 6.37. The van der Waals surface area contributed by atoms with Crippen molar-refractivity contribution in [3.63, 3.8) is 0 Å². The number of benzene rings is 2. The number of hydrogen-bond donors (Lipinski definition) is 3. The van der Waals surface area contributed by atoms with E-state index in [4.69, 9.17) is 5.73 Å². The van der Waals surface area contributed by atoms with Gasteiger partial charge in [-0.1, -0.05) is 30.3 Å². The maximum Gasteiger partial charge on any atom is 0.322 e. The standard InChI is InChI=1S/C24H20FN5O3/c25-18-6-3-14-9-15(20(31)19(14)10-18)7-8-24(21(32)29-23(33)30-24)17-4-1-13(2-5-17)16-11-27-22(26)28-12-16/h1-6,10-12,15H,7-9H2,(H2,26,27,28)(H2,29,30,32,33)/t15?,24-/m0/s1. The Bertz CT molecular complexity index is 1280. The van der Waals surface area contributed by atoms with Crippen LogP contribution in [0.5, 0.6) is 0 Å². The number of nitrogens with two attached hydrogens (primary N) is 1. The first kappa shape index (κ1) is 20.7. The van der Waals surface area contributed by atoms with Crippen molar-refractivity contribution < 1.29 is 18.8 Å². The number of Topliss-reactive ketones (excluding diaryl/α,β-unsaturated/α-hetero) is 1. The lowest BCUT2D eigenvalue weighted by molar-refractivity contribution is -0.124. The molecule has 3 amide bonds. The van der Waals surface area contributed by atoms with E-state index >= 15 is 0 Å². The highest BCUT2D eigenvalue weighted by molar-refractivity contribution is 6.07. The average molecular weight is 445 g/mol. The number of nitrogen functional groups attached to an aromatic ring is 1. The van der Waals surface area contributed by atoms with Crippen molar-refractivity contribution in [2.75, 3.05) is 5.73 Å². The number of aromatic nitrogens is 2. The zero-order valence-electron chi connectivity index (χ0n) is 17.5. The summed E-state index contributed by atoms with van der Waals surface area (Å²) in [4.78, 5) is 45.7. The van der Waals surface area contributed by atoms with Gasteiger partial charge >= 0.3 is 6.03 Å². The molecular formula is C24H20FN5O3. The Morgan fingerprint density at radius 1 is 1.03 bits per heavy atom. The van der Waals surface area contributed by atoms with Crippen LogP contribution in [-0.2, 0) is 16.8 Å². The molecule has 2 heterocycles. The first-order valence-electron chi connectivity index (χ1n) is 10.5. The number of nitrogens with one attached hydrogen (secondary N) is 2. The minimum Gasteiger partial charge on any atom is -0.368 e. The fourth-order valence-corrected chi connectivity index (χ4v) is 4.61. The van der Waals surface area contributed by atoms with Crippen molar-refractivity contribution in [3.8, 4) is 11.1 Å². The molecule has 166 valence electrons. The number of urea groups is 1. The van der Waals surface area contributed by atoms with Crippen LogP contribution in [0.3, 0.4) is 0 Å². The molecule has 1 aliphatic carbocycles. The largest absolute Gasteiger partial charge is 0.368 e. The maximum atomic E-state index is 13.6. The van der Waals surface area contributed by atoms with Crippen LogP contribution in [0.2, 0.25) is 0 Å². The number of imide groups is 1. The lowest BCUT2D eigenvalue weighted by Crippen LogP contribution is -2.44. The molecule has 1 saturated heterocycles. The summed E-state index contributed by atoms with van der Waals surface area (Å²) in [6.07, 6.45) is 4.26. The quantitative estimate of drug-likeness (QED) is 0.518. The molecule has 1 aromatic heterocycles. The molecule has 1 aliphatic heterocycles. The summed E-state index contributed by atoms with van der Waals surface area (Å²) in [6.45, 7) is 0. The second-order valence-corrected chi connectivity index (χ2v) is 8.33. The van der Waals surface area contributed by atoms with Crippen molar-refractivity contribution >= 4 is 23.7 Å². The molecule has 2 aromatic carbocycles. The van der Waals surface area contributed by atoms with Gasteiger partial charge in [0.1, 0.15) is 11.4 Å². The van der Waals surface area contributed by atoms with Crippen molar-refractivity contribution in [2.24, 2.45) is 5.92 Å². The van der Waals surface area contributed by atoms with Crippen LogP contribution in [0.15, 0.2) is 54.9 Å². The second-order valence-electron chi connectivity index (χ2n) is 8.33. The minimum absolute atomic E-state index is 0.136. The number of halogens is 1. The number of carbonyl (C=O) groups is 3. The second kappa shape index (κ2) is 7.77. The Kier molecular flexibility index (Phi) is 4.88. The molecule has 3 aromatic rings. The van der Waals surface area contributed by atoms with Crippen LogP contribution in [0.1, 0.15) is 34.3 Å². The van der Waals surface area contributed by atoms with Crippen LogP contribution in [-0.4, -0.2) is 27.7 Å². The van der Waals surface area contributed by atoms with E-state index in [-0.39, 0.29) is 24.1 Å². The van der Waals surface area contributed by atoms with Gasteiger partial charge in [0.15, 0.2) is 5.78 Å². The fraction of sp³-hybridized carbons (Fsp3) is 0.208. The molecule has 0 saturated carbocycles. The highest BCUT2D eigenvalue weighted by Gasteiger charge is 2.48. The van der Waals surface area contributed by atoms with Gasteiger partial charge in [0.05, 0.1) is 0 Å². The van der Waals surface area contributed by atoms with Gasteiger partial charge in [-0.2, -0.15) is 0 Å². The molecule has 9 heteroatoms. The predicted molar refractivity (Wildman–Crippen MR) is 117 cm³/mol. The Hall–Kier alpha value is -4.14. The van der Waals surface area contributed by atoms with Gasteiger partial charge in [-0.3, -0.25) is 14.9 Å². The zero-order valence-corrected chi connectivity index (χ0v) is 17.5. The molecular weight excluding hydrogens is 425 g/mol. The fourth-order valence-electron chi connectivity index (χ4n) is 4.61. The van der Waals surface area contributed by atoms with E-state index in [0.29, 0.717) is 24.0 Å². The van der Waals surface area contributed by atoms with Crippen molar-refractivity contribution in [2.45, 2.75) is 24.8 Å². The number of amides is 3. The number of hydrogen-bond acceptors (Lipinski definition) is 6. The lowest BCUT2D eigenvalue weighted by Gasteiger charge is -2.28. The zero-order chi connectivity index (χ0) is 23.2. The number of rotatable bonds is 5. The monoisotopic (exact) mass is 445 g/mol. The first-order valence-corrected chi connectivity index (χ1v) is 10.5. The summed E-state index contributed by atoms with van der Waals surface area (Å²) in [6, 6.07) is 10.8. The topological polar surface area (TPSA) is 127 Å². The SMILES string of the molecule is Nc1ncc(-c2ccc([C@]3(CCC4Cc5ccc(F)cc5C4=O)NC(=O)NC3=O)cc2)cn1. The molecule has 2 aliphatic rings. The first-order chi connectivity index (χ1) is 15.9. The van der Waals surface area contributed by atoms with E-state index in [0.717, 1.165) is 16.7 Å². The number of nitrogens with zero attached hydrogens (tertiary/aromatic N) is 2. The molecule has 0 radical (unpaired) electrons. The molecule has 8 nitrogen and oxygen atoms in total. The van der Waals surface area contributed by atoms with Crippen LogP contribution in [0, 0.1) is 11.7 Å². The van der Waals surface area contributed by atoms with Gasteiger partial charge in [0.2, 0.25) is 5.95 Å². The van der Waals surface area contributed by atoms with E-state index in [2.05, 4.69) is 20.6 Å². The van der Waals surface area contributed by atoms with Crippen LogP contribution < -0.4 is 16.4 Å². The maximum absolute atomic E-state index is 13.6. The summed E-state index contributed by atoms with van der Waals surface area (Å²) in [5.74, 6) is -1.26. The highest BCUT2D eigenvalue weighted by Crippen LogP contribution is 2.36. The summed E-state index contributed by atoms with van der Waals surface area (Å²) >= 11 is 0. The Balaban J connectivity index is 1.40. The van der Waals surface area contributed by atoms with Gasteiger partial charge in [-0.25, -0.2) is 19.2 Å². The molecule has 5 rings (SSSR count). The van der Waals surface area contributed by atoms with Gasteiger partial charge in [-0.15, -0.1) is 0 Å². The van der Waals surface area contributed by atoms with Crippen molar-refractivity contribution in [3.05, 3.63) is 77.4 Å². The Morgan fingerprint density at radius 3 is 2.42 bits per heavy atom. The van der Waals surface area contributed by atoms with Gasteiger partial charge in [0.25, 0.3) is 5.91 Å². The molecule has 0 spiro atoms. The summed E-state index contributed by atoms with van der Waals surface area (Å²) in [5.41, 5.74) is 7.61. The minimum atomic E-state index is -1.30. The summed E-state index contributed by atoms with van der Waals surface area (Å²) in [5, 5.41) is 5.07. The third kappa shape index (κ3) is 3.61. The van der Waals surface area contributed by atoms with Gasteiger partial charge in [0, 0.05) is 29.4 Å². The van der Waals surface area contributed by atoms with E-state index in [1.165, 1.54) is 12.1 Å². The van der Waals surface area contributed by atoms with Gasteiger partial charge in [-0.05, 0) is 48.1 Å². The smallest absolute Gasteiger partial charge is 0.322 e. The Morgan fingerprint density at radius 2 is 1.76 bits per heavy atom. The normalized spacial score (nSPS) is 21.6. The number of carbonyl (C=O) groups excluding carboxylic acids is 3. The molecule has 2 atom stereocenters. The molecule has 33 heavy (non-hydrogen) atoms.